The number of aliphatic hydroxyl groups is 2. The third-order valence-corrected chi connectivity index (χ3v) is 6.43. The number of carbonyl (C=O) groups excluding carboxylic acids is 1. The van der Waals surface area contributed by atoms with Crippen LogP contribution in [0.2, 0.25) is 0 Å². The van der Waals surface area contributed by atoms with Gasteiger partial charge in [-0.05, 0) is 18.4 Å². The van der Waals surface area contributed by atoms with Gasteiger partial charge in [0.2, 0.25) is 5.91 Å². The van der Waals surface area contributed by atoms with Crippen molar-refractivity contribution in [2.75, 3.05) is 6.61 Å². The number of benzene rings is 1. The van der Waals surface area contributed by atoms with Crippen molar-refractivity contribution in [1.82, 2.24) is 29.4 Å². The topological polar surface area (TPSA) is 154 Å². The number of amides is 1. The quantitative estimate of drug-likeness (QED) is 0.365. The van der Waals surface area contributed by atoms with E-state index in [0.29, 0.717) is 17.8 Å². The van der Waals surface area contributed by atoms with Crippen LogP contribution >= 0.6 is 0 Å². The van der Waals surface area contributed by atoms with Crippen LogP contribution in [0.15, 0.2) is 52.3 Å². The first-order chi connectivity index (χ1) is 17.7. The van der Waals surface area contributed by atoms with Crippen molar-refractivity contribution in [3.63, 3.8) is 0 Å². The van der Waals surface area contributed by atoms with Crippen molar-refractivity contribution >= 4 is 5.91 Å². The van der Waals surface area contributed by atoms with Gasteiger partial charge in [0.05, 0.1) is 25.5 Å². The molecule has 1 aromatic carbocycles. The van der Waals surface area contributed by atoms with Crippen molar-refractivity contribution in [3.8, 4) is 0 Å². The van der Waals surface area contributed by atoms with Gasteiger partial charge in [-0.2, -0.15) is 0 Å². The number of aromatic nitrogens is 5. The molecule has 1 aliphatic heterocycles. The second-order valence-electron chi connectivity index (χ2n) is 9.59. The summed E-state index contributed by atoms with van der Waals surface area (Å²) in [6.45, 7) is 5.20. The van der Waals surface area contributed by atoms with Gasteiger partial charge in [-0.1, -0.05) is 49.4 Å². The maximum atomic E-state index is 13.2. The van der Waals surface area contributed by atoms with Crippen LogP contribution in [0.4, 0.5) is 0 Å². The van der Waals surface area contributed by atoms with Crippen molar-refractivity contribution in [2.24, 2.45) is 5.92 Å². The standard InChI is InChI=1S/C25H32N6O6/c1-15(2)22(23(34)26-10-17-7-5-4-6-8-17)31-13-18(27-28-31)12-30-24(35)16(3)11-29(25(30)36)21-9-19(33)20(14-32)37-21/h4-8,11,13,15,19-22,32-33H,9-10,12,14H2,1-3H3,(H,26,34)/t19?,20-,21-,22?/m1/s1. The molecule has 12 nitrogen and oxygen atoms in total. The normalized spacial score (nSPS) is 20.3. The van der Waals surface area contributed by atoms with Gasteiger partial charge < -0.3 is 20.3 Å². The monoisotopic (exact) mass is 512 g/mol. The Morgan fingerprint density at radius 2 is 1.95 bits per heavy atom. The molecule has 2 aromatic heterocycles. The van der Waals surface area contributed by atoms with Crippen LogP contribution < -0.4 is 16.6 Å². The van der Waals surface area contributed by atoms with Crippen LogP contribution in [0.3, 0.4) is 0 Å². The summed E-state index contributed by atoms with van der Waals surface area (Å²) in [5, 5.41) is 30.6. The zero-order valence-electron chi connectivity index (χ0n) is 21.0. The molecule has 1 amide bonds. The molecular weight excluding hydrogens is 480 g/mol. The lowest BCUT2D eigenvalue weighted by atomic mass is 10.0. The molecule has 1 saturated heterocycles. The highest BCUT2D eigenvalue weighted by Crippen LogP contribution is 2.27. The fourth-order valence-corrected chi connectivity index (χ4v) is 4.46. The minimum absolute atomic E-state index is 0.102. The lowest BCUT2D eigenvalue weighted by molar-refractivity contribution is -0.126. The highest BCUT2D eigenvalue weighted by Gasteiger charge is 2.35. The van der Waals surface area contributed by atoms with Crippen LogP contribution in [0.1, 0.15) is 49.4 Å². The van der Waals surface area contributed by atoms with E-state index in [-0.39, 0.29) is 31.4 Å². The van der Waals surface area contributed by atoms with Crippen molar-refractivity contribution in [3.05, 3.63) is 80.4 Å². The lowest BCUT2D eigenvalue weighted by Gasteiger charge is -2.20. The summed E-state index contributed by atoms with van der Waals surface area (Å²) in [7, 11) is 0. The average Bonchev–Trinajstić information content (AvgIpc) is 3.49. The van der Waals surface area contributed by atoms with Crippen molar-refractivity contribution in [2.45, 2.75) is 64.8 Å². The summed E-state index contributed by atoms with van der Waals surface area (Å²) in [6.07, 6.45) is 0.498. The number of rotatable bonds is 9. The van der Waals surface area contributed by atoms with E-state index in [1.807, 2.05) is 44.2 Å². The number of aliphatic hydroxyl groups excluding tert-OH is 2. The van der Waals surface area contributed by atoms with E-state index in [1.54, 1.807) is 13.1 Å². The SMILES string of the molecule is Cc1cn([C@H]2CC(O)[C@@H](CO)O2)c(=O)n(Cc2cn(C(C(=O)NCc3ccccc3)C(C)C)nn2)c1=O. The molecule has 0 aliphatic carbocycles. The third-order valence-electron chi connectivity index (χ3n) is 6.43. The molecule has 3 heterocycles. The Balaban J connectivity index is 1.55. The first-order valence-electron chi connectivity index (χ1n) is 12.2. The van der Waals surface area contributed by atoms with E-state index in [1.165, 1.54) is 15.4 Å². The molecule has 4 rings (SSSR count). The summed E-state index contributed by atoms with van der Waals surface area (Å²) in [6, 6.07) is 8.91. The second-order valence-corrected chi connectivity index (χ2v) is 9.59. The molecule has 37 heavy (non-hydrogen) atoms. The molecule has 4 atom stereocenters. The Kier molecular flexibility index (Phi) is 8.00. The fraction of sp³-hybridized carbons (Fsp3) is 0.480. The third kappa shape index (κ3) is 5.71. The smallest absolute Gasteiger partial charge is 0.333 e. The van der Waals surface area contributed by atoms with Gasteiger partial charge in [0.1, 0.15) is 24.1 Å². The largest absolute Gasteiger partial charge is 0.394 e. The van der Waals surface area contributed by atoms with Crippen LogP contribution in [-0.4, -0.2) is 59.1 Å². The van der Waals surface area contributed by atoms with Gasteiger partial charge in [0.25, 0.3) is 5.56 Å². The minimum atomic E-state index is -0.927. The van der Waals surface area contributed by atoms with Gasteiger partial charge in [-0.15, -0.1) is 5.10 Å². The van der Waals surface area contributed by atoms with E-state index in [2.05, 4.69) is 15.6 Å². The fourth-order valence-electron chi connectivity index (χ4n) is 4.46. The van der Waals surface area contributed by atoms with Gasteiger partial charge in [-0.3, -0.25) is 18.7 Å². The zero-order chi connectivity index (χ0) is 26.7. The Morgan fingerprint density at radius 3 is 2.59 bits per heavy atom. The van der Waals surface area contributed by atoms with Gasteiger partial charge in [-0.25, -0.2) is 9.48 Å². The predicted molar refractivity (Wildman–Crippen MR) is 133 cm³/mol. The highest BCUT2D eigenvalue weighted by atomic mass is 16.5. The van der Waals surface area contributed by atoms with E-state index in [0.717, 1.165) is 10.1 Å². The van der Waals surface area contributed by atoms with Gasteiger partial charge in [0.15, 0.2) is 0 Å². The molecule has 12 heteroatoms. The predicted octanol–water partition coefficient (Wildman–Crippen LogP) is 0.112. The summed E-state index contributed by atoms with van der Waals surface area (Å²) >= 11 is 0. The number of hydrogen-bond donors (Lipinski definition) is 3. The average molecular weight is 513 g/mol. The molecule has 0 saturated carbocycles. The first kappa shape index (κ1) is 26.5. The van der Waals surface area contributed by atoms with E-state index in [4.69, 9.17) is 4.74 Å². The highest BCUT2D eigenvalue weighted by molar-refractivity contribution is 5.80. The van der Waals surface area contributed by atoms with Crippen molar-refractivity contribution in [1.29, 1.82) is 0 Å². The lowest BCUT2D eigenvalue weighted by Crippen LogP contribution is -2.42. The molecule has 0 radical (unpaired) electrons. The number of ether oxygens (including phenoxy) is 1. The number of carbonyl (C=O) groups is 1. The Labute approximate surface area is 213 Å². The van der Waals surface area contributed by atoms with E-state index in [9.17, 15) is 24.6 Å². The molecular formula is C25H32N6O6. The maximum Gasteiger partial charge on any atom is 0.333 e. The van der Waals surface area contributed by atoms with Crippen LogP contribution in [0.25, 0.3) is 0 Å². The molecule has 198 valence electrons. The summed E-state index contributed by atoms with van der Waals surface area (Å²) in [4.78, 5) is 39.0. The minimum Gasteiger partial charge on any atom is -0.394 e. The molecule has 2 unspecified atom stereocenters. The Hall–Kier alpha value is -3.61. The van der Waals surface area contributed by atoms with Crippen LogP contribution in [0.5, 0.6) is 0 Å². The van der Waals surface area contributed by atoms with E-state index < -0.39 is 35.7 Å². The number of hydrogen-bond acceptors (Lipinski definition) is 8. The molecule has 1 fully saturated rings. The first-order valence-corrected chi connectivity index (χ1v) is 12.2. The Morgan fingerprint density at radius 1 is 1.22 bits per heavy atom. The molecule has 0 bridgehead atoms. The summed E-state index contributed by atoms with van der Waals surface area (Å²) in [5.41, 5.74) is 0.476. The summed E-state index contributed by atoms with van der Waals surface area (Å²) < 4.78 is 9.31. The molecule has 1 aliphatic rings. The van der Waals surface area contributed by atoms with Gasteiger partial charge >= 0.3 is 5.69 Å². The number of nitrogens with one attached hydrogen (secondary N) is 1. The van der Waals surface area contributed by atoms with E-state index >= 15 is 0 Å². The second kappa shape index (κ2) is 11.2. The van der Waals surface area contributed by atoms with Crippen molar-refractivity contribution < 1.29 is 19.7 Å². The maximum absolute atomic E-state index is 13.2. The molecule has 3 aromatic rings. The number of nitrogens with zero attached hydrogens (tertiary/aromatic N) is 5. The Bertz CT molecular complexity index is 1350. The molecule has 3 N–H and O–H groups in total. The van der Waals surface area contributed by atoms with Crippen LogP contribution in [-0.2, 0) is 22.6 Å². The number of aryl methyl sites for hydroxylation is 1. The van der Waals surface area contributed by atoms with Crippen LogP contribution in [0, 0.1) is 12.8 Å². The summed E-state index contributed by atoms with van der Waals surface area (Å²) in [5.74, 6) is -0.324. The zero-order valence-corrected chi connectivity index (χ0v) is 21.0. The van der Waals surface area contributed by atoms with Gasteiger partial charge in [0, 0.05) is 24.7 Å². The molecule has 0 spiro atoms.